The van der Waals surface area contributed by atoms with Gasteiger partial charge in [0.2, 0.25) is 0 Å². The number of carbonyl (C=O) groups is 1. The lowest BCUT2D eigenvalue weighted by atomic mass is 10.0. The summed E-state index contributed by atoms with van der Waals surface area (Å²) in [6.45, 7) is 6.46. The maximum atomic E-state index is 12.2. The Morgan fingerprint density at radius 2 is 2.05 bits per heavy atom. The van der Waals surface area contributed by atoms with E-state index in [1.807, 2.05) is 25.1 Å². The van der Waals surface area contributed by atoms with Gasteiger partial charge in [0.25, 0.3) is 0 Å². The third-order valence-corrected chi connectivity index (χ3v) is 3.26. The average molecular weight is 284 g/mol. The monoisotopic (exact) mass is 284 g/mol. The molecule has 0 aliphatic carbocycles. The largest absolute Gasteiger partial charge is 0.423 e. The first kappa shape index (κ1) is 15.2. The van der Waals surface area contributed by atoms with Crippen LogP contribution in [0.4, 0.5) is 0 Å². The molecule has 0 saturated heterocycles. The van der Waals surface area contributed by atoms with Crippen LogP contribution in [-0.4, -0.2) is 11.0 Å². The summed E-state index contributed by atoms with van der Waals surface area (Å²) in [4.78, 5) is 16.3. The van der Waals surface area contributed by atoms with Gasteiger partial charge in [-0.05, 0) is 42.2 Å². The lowest BCUT2D eigenvalue weighted by molar-refractivity contribution is 0.0732. The van der Waals surface area contributed by atoms with E-state index < -0.39 is 5.97 Å². The molecule has 1 heterocycles. The Hall–Kier alpha value is -2.20. The molecular weight excluding hydrogens is 264 g/mol. The van der Waals surface area contributed by atoms with Crippen LogP contribution in [0.3, 0.4) is 0 Å². The summed E-state index contributed by atoms with van der Waals surface area (Å²) in [5.74, 6) is 0.489. The first-order valence-corrected chi connectivity index (χ1v) is 6.99. The van der Waals surface area contributed by atoms with Crippen LogP contribution in [0.15, 0.2) is 36.5 Å². The SMILES string of the molecule is Cc1ccc(C(C)C)c(OC(=O)c2ccc(CN)nc2)c1. The number of aromatic nitrogens is 1. The van der Waals surface area contributed by atoms with Gasteiger partial charge in [0, 0.05) is 12.7 Å². The zero-order chi connectivity index (χ0) is 15.4. The summed E-state index contributed by atoms with van der Waals surface area (Å²) < 4.78 is 5.54. The maximum absolute atomic E-state index is 12.2. The van der Waals surface area contributed by atoms with Crippen molar-refractivity contribution in [1.29, 1.82) is 0 Å². The molecule has 0 aliphatic heterocycles. The number of aryl methyl sites for hydroxylation is 1. The maximum Gasteiger partial charge on any atom is 0.345 e. The number of carbonyl (C=O) groups excluding carboxylic acids is 1. The standard InChI is InChI=1S/C17H20N2O2/c1-11(2)15-7-4-12(3)8-16(15)21-17(20)13-5-6-14(9-18)19-10-13/h4-8,10-11H,9,18H2,1-3H3. The highest BCUT2D eigenvalue weighted by atomic mass is 16.5. The molecule has 1 aromatic heterocycles. The molecule has 0 bridgehead atoms. The van der Waals surface area contributed by atoms with Crippen molar-refractivity contribution in [3.63, 3.8) is 0 Å². The predicted octanol–water partition coefficient (Wildman–Crippen LogP) is 3.19. The number of rotatable bonds is 4. The van der Waals surface area contributed by atoms with Gasteiger partial charge in [-0.3, -0.25) is 4.98 Å². The van der Waals surface area contributed by atoms with Crippen LogP contribution >= 0.6 is 0 Å². The van der Waals surface area contributed by atoms with Gasteiger partial charge in [-0.25, -0.2) is 4.79 Å². The lowest BCUT2D eigenvalue weighted by Crippen LogP contribution is -2.11. The molecule has 0 radical (unpaired) electrons. The number of esters is 1. The van der Waals surface area contributed by atoms with E-state index in [4.69, 9.17) is 10.5 Å². The Bertz CT molecular complexity index is 634. The first-order chi connectivity index (χ1) is 10.0. The highest BCUT2D eigenvalue weighted by Gasteiger charge is 2.14. The van der Waals surface area contributed by atoms with E-state index in [1.165, 1.54) is 6.20 Å². The molecule has 2 aromatic rings. The number of benzene rings is 1. The van der Waals surface area contributed by atoms with Crippen LogP contribution in [0.2, 0.25) is 0 Å². The Labute approximate surface area is 125 Å². The molecule has 0 aliphatic rings. The van der Waals surface area contributed by atoms with Gasteiger partial charge in [-0.15, -0.1) is 0 Å². The summed E-state index contributed by atoms with van der Waals surface area (Å²) in [6.07, 6.45) is 1.50. The van der Waals surface area contributed by atoms with Crippen LogP contribution in [0, 0.1) is 6.92 Å². The molecule has 110 valence electrons. The van der Waals surface area contributed by atoms with Crippen LogP contribution < -0.4 is 10.5 Å². The van der Waals surface area contributed by atoms with Crippen molar-refractivity contribution in [3.8, 4) is 5.75 Å². The van der Waals surface area contributed by atoms with E-state index in [0.717, 1.165) is 16.8 Å². The second-order valence-corrected chi connectivity index (χ2v) is 5.33. The second-order valence-electron chi connectivity index (χ2n) is 5.33. The fourth-order valence-electron chi connectivity index (χ4n) is 2.03. The van der Waals surface area contributed by atoms with Crippen LogP contribution in [-0.2, 0) is 6.54 Å². The van der Waals surface area contributed by atoms with Crippen molar-refractivity contribution >= 4 is 5.97 Å². The molecule has 0 saturated carbocycles. The molecule has 21 heavy (non-hydrogen) atoms. The lowest BCUT2D eigenvalue weighted by Gasteiger charge is -2.13. The van der Waals surface area contributed by atoms with Gasteiger partial charge in [-0.2, -0.15) is 0 Å². The smallest absolute Gasteiger partial charge is 0.345 e. The minimum atomic E-state index is -0.404. The highest BCUT2D eigenvalue weighted by Crippen LogP contribution is 2.28. The van der Waals surface area contributed by atoms with Crippen molar-refractivity contribution in [2.75, 3.05) is 0 Å². The molecule has 0 spiro atoms. The number of hydrogen-bond donors (Lipinski definition) is 1. The molecule has 0 fully saturated rings. The van der Waals surface area contributed by atoms with Crippen LogP contribution in [0.25, 0.3) is 0 Å². The van der Waals surface area contributed by atoms with E-state index in [2.05, 4.69) is 18.8 Å². The van der Waals surface area contributed by atoms with Crippen LogP contribution in [0.1, 0.15) is 46.9 Å². The summed E-state index contributed by atoms with van der Waals surface area (Å²) in [7, 11) is 0. The van der Waals surface area contributed by atoms with Gasteiger partial charge in [0.05, 0.1) is 11.3 Å². The molecule has 0 unspecified atom stereocenters. The van der Waals surface area contributed by atoms with Gasteiger partial charge in [-0.1, -0.05) is 26.0 Å². The number of hydrogen-bond acceptors (Lipinski definition) is 4. The molecule has 2 rings (SSSR count). The van der Waals surface area contributed by atoms with Crippen molar-refractivity contribution in [3.05, 3.63) is 58.9 Å². The third-order valence-electron chi connectivity index (χ3n) is 3.26. The van der Waals surface area contributed by atoms with Crippen molar-refractivity contribution < 1.29 is 9.53 Å². The average Bonchev–Trinajstić information content (AvgIpc) is 2.47. The number of nitrogens with zero attached hydrogens (tertiary/aromatic N) is 1. The Balaban J connectivity index is 2.24. The zero-order valence-electron chi connectivity index (χ0n) is 12.6. The topological polar surface area (TPSA) is 65.2 Å². The molecule has 4 heteroatoms. The fourth-order valence-corrected chi connectivity index (χ4v) is 2.03. The van der Waals surface area contributed by atoms with Crippen molar-refractivity contribution in [2.45, 2.75) is 33.2 Å². The molecular formula is C17H20N2O2. The number of pyridine rings is 1. The third kappa shape index (κ3) is 3.67. The molecule has 1 aromatic carbocycles. The quantitative estimate of drug-likeness (QED) is 0.691. The highest BCUT2D eigenvalue weighted by molar-refractivity contribution is 5.90. The Morgan fingerprint density at radius 3 is 2.62 bits per heavy atom. The molecule has 0 amide bonds. The summed E-state index contributed by atoms with van der Waals surface area (Å²) in [5.41, 5.74) is 8.72. The normalized spacial score (nSPS) is 10.7. The van der Waals surface area contributed by atoms with E-state index in [-0.39, 0.29) is 5.92 Å². The van der Waals surface area contributed by atoms with Gasteiger partial charge in [0.15, 0.2) is 0 Å². The number of nitrogens with two attached hydrogens (primary N) is 1. The fraction of sp³-hybridized carbons (Fsp3) is 0.294. The summed E-state index contributed by atoms with van der Waals surface area (Å²) in [5, 5.41) is 0. The minimum absolute atomic E-state index is 0.283. The van der Waals surface area contributed by atoms with E-state index >= 15 is 0 Å². The summed E-state index contributed by atoms with van der Waals surface area (Å²) in [6, 6.07) is 9.32. The van der Waals surface area contributed by atoms with E-state index in [9.17, 15) is 4.79 Å². The molecule has 2 N–H and O–H groups in total. The Morgan fingerprint density at radius 1 is 1.29 bits per heavy atom. The van der Waals surface area contributed by atoms with E-state index in [0.29, 0.717) is 17.9 Å². The Kier molecular flexibility index (Phi) is 4.70. The minimum Gasteiger partial charge on any atom is -0.423 e. The number of ether oxygens (including phenoxy) is 1. The van der Waals surface area contributed by atoms with Crippen molar-refractivity contribution in [1.82, 2.24) is 4.98 Å². The second kappa shape index (κ2) is 6.50. The summed E-state index contributed by atoms with van der Waals surface area (Å²) >= 11 is 0. The molecule has 0 atom stereocenters. The first-order valence-electron chi connectivity index (χ1n) is 6.99. The van der Waals surface area contributed by atoms with Gasteiger partial charge in [0.1, 0.15) is 5.75 Å². The van der Waals surface area contributed by atoms with E-state index in [1.54, 1.807) is 12.1 Å². The predicted molar refractivity (Wildman–Crippen MR) is 82.4 cm³/mol. The van der Waals surface area contributed by atoms with Gasteiger partial charge >= 0.3 is 5.97 Å². The van der Waals surface area contributed by atoms with Crippen molar-refractivity contribution in [2.24, 2.45) is 5.73 Å². The van der Waals surface area contributed by atoms with Gasteiger partial charge < -0.3 is 10.5 Å². The zero-order valence-corrected chi connectivity index (χ0v) is 12.6. The molecule has 4 nitrogen and oxygen atoms in total. The van der Waals surface area contributed by atoms with Crippen LogP contribution in [0.5, 0.6) is 5.75 Å².